The Morgan fingerprint density at radius 3 is 2.55 bits per heavy atom. The summed E-state index contributed by atoms with van der Waals surface area (Å²) in [5, 5.41) is 3.17. The molecule has 0 heterocycles. The van der Waals surface area contributed by atoms with Gasteiger partial charge in [0.1, 0.15) is 0 Å². The number of halogens is 1. The van der Waals surface area contributed by atoms with Gasteiger partial charge in [-0.3, -0.25) is 4.79 Å². The van der Waals surface area contributed by atoms with E-state index in [1.807, 2.05) is 14.1 Å². The lowest BCUT2D eigenvalue weighted by Gasteiger charge is -2.19. The van der Waals surface area contributed by atoms with Gasteiger partial charge in [-0.15, -0.1) is 0 Å². The fourth-order valence-corrected chi connectivity index (χ4v) is 0.690. The van der Waals surface area contributed by atoms with Gasteiger partial charge in [-0.2, -0.15) is 0 Å². The average Bonchev–Trinajstić information content (AvgIpc) is 1.99. The van der Waals surface area contributed by atoms with Gasteiger partial charge in [0, 0.05) is 12.6 Å². The van der Waals surface area contributed by atoms with Gasteiger partial charge in [-0.25, -0.2) is 0 Å². The third-order valence-corrected chi connectivity index (χ3v) is 2.11. The standard InChI is InChI=1S/C7H15BrN2O/c1-6(10(2)3)5-9-7(11)4-8/h6H,4-5H2,1-3H3,(H,9,11). The third kappa shape index (κ3) is 5.21. The number of likely N-dealkylation sites (N-methyl/N-ethyl adjacent to an activating group) is 1. The Balaban J connectivity index is 3.45. The van der Waals surface area contributed by atoms with Crippen LogP contribution in [0, 0.1) is 0 Å². The molecular weight excluding hydrogens is 208 g/mol. The first kappa shape index (κ1) is 10.9. The summed E-state index contributed by atoms with van der Waals surface area (Å²) in [6.07, 6.45) is 0. The molecule has 0 radical (unpaired) electrons. The SMILES string of the molecule is CC(CNC(=O)CBr)N(C)C. The van der Waals surface area contributed by atoms with Crippen LogP contribution in [0.3, 0.4) is 0 Å². The topological polar surface area (TPSA) is 32.3 Å². The van der Waals surface area contributed by atoms with E-state index >= 15 is 0 Å². The second-order valence-corrected chi connectivity index (χ2v) is 3.31. The van der Waals surface area contributed by atoms with E-state index in [0.717, 1.165) is 0 Å². The van der Waals surface area contributed by atoms with Gasteiger partial charge in [0.15, 0.2) is 0 Å². The van der Waals surface area contributed by atoms with Gasteiger partial charge >= 0.3 is 0 Å². The van der Waals surface area contributed by atoms with Crippen molar-refractivity contribution in [3.05, 3.63) is 0 Å². The third-order valence-electron chi connectivity index (χ3n) is 1.60. The van der Waals surface area contributed by atoms with E-state index in [2.05, 4.69) is 33.1 Å². The highest BCUT2D eigenvalue weighted by Crippen LogP contribution is 1.88. The number of rotatable bonds is 4. The number of hydrogen-bond donors (Lipinski definition) is 1. The molecule has 0 aliphatic heterocycles. The molecule has 1 amide bonds. The molecular formula is C7H15BrN2O. The number of nitrogens with one attached hydrogen (secondary N) is 1. The summed E-state index contributed by atoms with van der Waals surface area (Å²) in [5.41, 5.74) is 0. The fourth-order valence-electron chi connectivity index (χ4n) is 0.491. The van der Waals surface area contributed by atoms with E-state index in [1.165, 1.54) is 0 Å². The minimum absolute atomic E-state index is 0.0405. The molecule has 0 aromatic rings. The average molecular weight is 223 g/mol. The maximum Gasteiger partial charge on any atom is 0.230 e. The number of nitrogens with zero attached hydrogens (tertiary/aromatic N) is 1. The zero-order chi connectivity index (χ0) is 8.85. The summed E-state index contributed by atoms with van der Waals surface area (Å²) in [4.78, 5) is 12.8. The van der Waals surface area contributed by atoms with Gasteiger partial charge in [0.25, 0.3) is 0 Å². The van der Waals surface area contributed by atoms with Crippen LogP contribution >= 0.6 is 15.9 Å². The van der Waals surface area contributed by atoms with E-state index in [-0.39, 0.29) is 5.91 Å². The second kappa shape index (κ2) is 5.55. The molecule has 1 unspecified atom stereocenters. The van der Waals surface area contributed by atoms with Crippen molar-refractivity contribution in [2.75, 3.05) is 26.0 Å². The molecule has 0 aromatic carbocycles. The number of carbonyl (C=O) groups is 1. The summed E-state index contributed by atoms with van der Waals surface area (Å²) >= 11 is 3.08. The first-order valence-corrected chi connectivity index (χ1v) is 4.69. The predicted octanol–water partition coefficient (Wildman–Crippen LogP) is 0.448. The zero-order valence-electron chi connectivity index (χ0n) is 7.22. The van der Waals surface area contributed by atoms with E-state index in [4.69, 9.17) is 0 Å². The van der Waals surface area contributed by atoms with Gasteiger partial charge in [-0.1, -0.05) is 15.9 Å². The first-order valence-electron chi connectivity index (χ1n) is 3.57. The summed E-state index contributed by atoms with van der Waals surface area (Å²) in [5.74, 6) is 0.0405. The molecule has 1 N–H and O–H groups in total. The first-order chi connectivity index (χ1) is 5.07. The zero-order valence-corrected chi connectivity index (χ0v) is 8.81. The molecule has 3 nitrogen and oxygen atoms in total. The summed E-state index contributed by atoms with van der Waals surface area (Å²) in [6.45, 7) is 2.77. The van der Waals surface area contributed by atoms with Crippen molar-refractivity contribution in [1.29, 1.82) is 0 Å². The van der Waals surface area contributed by atoms with E-state index < -0.39 is 0 Å². The lowest BCUT2D eigenvalue weighted by molar-refractivity contribution is -0.118. The largest absolute Gasteiger partial charge is 0.354 e. The lowest BCUT2D eigenvalue weighted by Crippen LogP contribution is -2.38. The van der Waals surface area contributed by atoms with Crippen molar-refractivity contribution in [3.63, 3.8) is 0 Å². The predicted molar refractivity (Wildman–Crippen MR) is 50.0 cm³/mol. The van der Waals surface area contributed by atoms with Crippen molar-refractivity contribution < 1.29 is 4.79 Å². The molecule has 0 rings (SSSR count). The van der Waals surface area contributed by atoms with Crippen LogP contribution in [-0.4, -0.2) is 42.8 Å². The molecule has 0 bridgehead atoms. The van der Waals surface area contributed by atoms with Crippen molar-refractivity contribution >= 4 is 21.8 Å². The molecule has 0 fully saturated rings. The Kier molecular flexibility index (Phi) is 5.50. The summed E-state index contributed by atoms with van der Waals surface area (Å²) in [6, 6.07) is 0.387. The highest BCUT2D eigenvalue weighted by atomic mass is 79.9. The van der Waals surface area contributed by atoms with Crippen LogP contribution in [0.2, 0.25) is 0 Å². The van der Waals surface area contributed by atoms with Gasteiger partial charge in [0.05, 0.1) is 5.33 Å². The van der Waals surface area contributed by atoms with Crippen molar-refractivity contribution in [2.24, 2.45) is 0 Å². The molecule has 66 valence electrons. The normalized spacial score (nSPS) is 13.2. The Hall–Kier alpha value is -0.0900. The van der Waals surface area contributed by atoms with Crippen LogP contribution in [-0.2, 0) is 4.79 Å². The molecule has 4 heteroatoms. The van der Waals surface area contributed by atoms with Crippen molar-refractivity contribution in [1.82, 2.24) is 10.2 Å². The molecule has 0 aromatic heterocycles. The van der Waals surface area contributed by atoms with E-state index in [9.17, 15) is 4.79 Å². The minimum Gasteiger partial charge on any atom is -0.354 e. The number of amides is 1. The maximum absolute atomic E-state index is 10.8. The van der Waals surface area contributed by atoms with Crippen LogP contribution in [0.4, 0.5) is 0 Å². The second-order valence-electron chi connectivity index (χ2n) is 2.75. The minimum atomic E-state index is 0.0405. The summed E-state index contributed by atoms with van der Waals surface area (Å²) in [7, 11) is 3.98. The molecule has 0 saturated carbocycles. The lowest BCUT2D eigenvalue weighted by atomic mass is 10.3. The summed E-state index contributed by atoms with van der Waals surface area (Å²) < 4.78 is 0. The van der Waals surface area contributed by atoms with Crippen LogP contribution in [0.25, 0.3) is 0 Å². The fraction of sp³-hybridized carbons (Fsp3) is 0.857. The Morgan fingerprint density at radius 2 is 2.18 bits per heavy atom. The van der Waals surface area contributed by atoms with Crippen LogP contribution < -0.4 is 5.32 Å². The molecule has 0 spiro atoms. The van der Waals surface area contributed by atoms with Crippen molar-refractivity contribution in [2.45, 2.75) is 13.0 Å². The van der Waals surface area contributed by atoms with Crippen LogP contribution in [0.15, 0.2) is 0 Å². The van der Waals surface area contributed by atoms with E-state index in [0.29, 0.717) is 17.9 Å². The molecule has 0 saturated heterocycles. The molecule has 11 heavy (non-hydrogen) atoms. The quantitative estimate of drug-likeness (QED) is 0.702. The highest BCUT2D eigenvalue weighted by Gasteiger charge is 2.05. The Bertz CT molecular complexity index is 128. The number of carbonyl (C=O) groups excluding carboxylic acids is 1. The number of alkyl halides is 1. The highest BCUT2D eigenvalue weighted by molar-refractivity contribution is 9.09. The Labute approximate surface area is 76.3 Å². The van der Waals surface area contributed by atoms with Crippen LogP contribution in [0.5, 0.6) is 0 Å². The van der Waals surface area contributed by atoms with Crippen molar-refractivity contribution in [3.8, 4) is 0 Å². The molecule has 0 aliphatic carbocycles. The van der Waals surface area contributed by atoms with Gasteiger partial charge in [-0.05, 0) is 21.0 Å². The Morgan fingerprint density at radius 1 is 1.64 bits per heavy atom. The van der Waals surface area contributed by atoms with Crippen LogP contribution in [0.1, 0.15) is 6.92 Å². The van der Waals surface area contributed by atoms with Gasteiger partial charge < -0.3 is 10.2 Å². The number of hydrogen-bond acceptors (Lipinski definition) is 2. The molecule has 0 aliphatic rings. The monoisotopic (exact) mass is 222 g/mol. The van der Waals surface area contributed by atoms with Gasteiger partial charge in [0.2, 0.25) is 5.91 Å². The maximum atomic E-state index is 10.8. The van der Waals surface area contributed by atoms with E-state index in [1.54, 1.807) is 0 Å². The smallest absolute Gasteiger partial charge is 0.230 e. The molecule has 1 atom stereocenters.